The molecule has 0 aliphatic heterocycles. The van der Waals surface area contributed by atoms with Crippen LogP contribution < -0.4 is 0 Å². The van der Waals surface area contributed by atoms with Gasteiger partial charge in [-0.15, -0.1) is 6.58 Å². The van der Waals surface area contributed by atoms with Crippen LogP contribution in [0.4, 0.5) is 0 Å². The predicted molar refractivity (Wildman–Crippen MR) is 41.6 cm³/mol. The zero-order valence-corrected chi connectivity index (χ0v) is 6.62. The molecule has 2 N–H and O–H groups in total. The lowest BCUT2D eigenvalue weighted by atomic mass is 9.94. The zero-order valence-electron chi connectivity index (χ0n) is 6.62. The number of hydrogen-bond acceptors (Lipinski definition) is 2. The first kappa shape index (κ1) is 9.66. The average molecular weight is 144 g/mol. The van der Waals surface area contributed by atoms with E-state index in [1.165, 1.54) is 0 Å². The minimum Gasteiger partial charge on any atom is -0.396 e. The molecule has 0 fully saturated rings. The maximum absolute atomic E-state index is 9.35. The van der Waals surface area contributed by atoms with Gasteiger partial charge in [0.05, 0.1) is 12.7 Å². The number of aliphatic hydroxyl groups excluding tert-OH is 2. The van der Waals surface area contributed by atoms with Crippen LogP contribution in [0.5, 0.6) is 0 Å². The molecule has 0 aliphatic rings. The Morgan fingerprint density at radius 1 is 1.50 bits per heavy atom. The molecule has 0 spiro atoms. The SMILES string of the molecule is C=C[C@@H](CO)[C@H](O)C(C)C. The summed E-state index contributed by atoms with van der Waals surface area (Å²) in [5.41, 5.74) is 0. The fourth-order valence-electron chi connectivity index (χ4n) is 0.816. The van der Waals surface area contributed by atoms with Crippen molar-refractivity contribution in [1.82, 2.24) is 0 Å². The van der Waals surface area contributed by atoms with Gasteiger partial charge in [0, 0.05) is 5.92 Å². The molecule has 10 heavy (non-hydrogen) atoms. The third-order valence-corrected chi connectivity index (χ3v) is 1.64. The van der Waals surface area contributed by atoms with Crippen molar-refractivity contribution in [2.24, 2.45) is 11.8 Å². The van der Waals surface area contributed by atoms with Gasteiger partial charge in [0.25, 0.3) is 0 Å². The fraction of sp³-hybridized carbons (Fsp3) is 0.750. The largest absolute Gasteiger partial charge is 0.396 e. The number of hydrogen-bond donors (Lipinski definition) is 2. The van der Waals surface area contributed by atoms with Crippen LogP contribution >= 0.6 is 0 Å². The highest BCUT2D eigenvalue weighted by Crippen LogP contribution is 2.12. The van der Waals surface area contributed by atoms with Crippen molar-refractivity contribution >= 4 is 0 Å². The molecule has 0 aromatic rings. The lowest BCUT2D eigenvalue weighted by Crippen LogP contribution is -2.26. The van der Waals surface area contributed by atoms with E-state index in [0.29, 0.717) is 0 Å². The van der Waals surface area contributed by atoms with Crippen LogP contribution in [0.1, 0.15) is 13.8 Å². The van der Waals surface area contributed by atoms with Gasteiger partial charge in [-0.3, -0.25) is 0 Å². The van der Waals surface area contributed by atoms with Crippen molar-refractivity contribution in [3.8, 4) is 0 Å². The molecule has 0 radical (unpaired) electrons. The summed E-state index contributed by atoms with van der Waals surface area (Å²) in [6, 6.07) is 0. The molecule has 0 unspecified atom stereocenters. The normalized spacial score (nSPS) is 16.9. The molecule has 2 nitrogen and oxygen atoms in total. The van der Waals surface area contributed by atoms with Gasteiger partial charge in [-0.2, -0.15) is 0 Å². The molecule has 0 bridgehead atoms. The molecule has 0 rings (SSSR count). The number of rotatable bonds is 4. The topological polar surface area (TPSA) is 40.5 Å². The maximum Gasteiger partial charge on any atom is 0.0647 e. The summed E-state index contributed by atoms with van der Waals surface area (Å²) in [6.45, 7) is 7.32. The van der Waals surface area contributed by atoms with Crippen LogP contribution in [-0.2, 0) is 0 Å². The highest BCUT2D eigenvalue weighted by atomic mass is 16.3. The fourth-order valence-corrected chi connectivity index (χ4v) is 0.816. The van der Waals surface area contributed by atoms with Gasteiger partial charge in [-0.25, -0.2) is 0 Å². The summed E-state index contributed by atoms with van der Waals surface area (Å²) < 4.78 is 0. The summed E-state index contributed by atoms with van der Waals surface area (Å²) in [7, 11) is 0. The molecule has 0 aromatic heterocycles. The first-order chi connectivity index (χ1) is 4.63. The van der Waals surface area contributed by atoms with E-state index in [1.54, 1.807) is 6.08 Å². The van der Waals surface area contributed by atoms with Crippen LogP contribution in [-0.4, -0.2) is 22.9 Å². The molecule has 2 heteroatoms. The third-order valence-electron chi connectivity index (χ3n) is 1.64. The van der Waals surface area contributed by atoms with Gasteiger partial charge in [-0.05, 0) is 5.92 Å². The Morgan fingerprint density at radius 3 is 2.10 bits per heavy atom. The van der Waals surface area contributed by atoms with Crippen molar-refractivity contribution in [2.45, 2.75) is 20.0 Å². The third kappa shape index (κ3) is 2.50. The summed E-state index contributed by atoms with van der Waals surface area (Å²) in [4.78, 5) is 0. The second kappa shape index (κ2) is 4.47. The van der Waals surface area contributed by atoms with Gasteiger partial charge in [0.1, 0.15) is 0 Å². The standard InChI is InChI=1S/C8H16O2/c1-4-7(5-9)8(10)6(2)3/h4,6-10H,1,5H2,2-3H3/t7-,8+/m0/s1. The van der Waals surface area contributed by atoms with Crippen LogP contribution in [0.2, 0.25) is 0 Å². The van der Waals surface area contributed by atoms with Crippen molar-refractivity contribution in [1.29, 1.82) is 0 Å². The smallest absolute Gasteiger partial charge is 0.0647 e. The monoisotopic (exact) mass is 144 g/mol. The molecule has 2 atom stereocenters. The first-order valence-electron chi connectivity index (χ1n) is 3.55. The van der Waals surface area contributed by atoms with E-state index in [9.17, 15) is 5.11 Å². The van der Waals surface area contributed by atoms with Gasteiger partial charge >= 0.3 is 0 Å². The van der Waals surface area contributed by atoms with Gasteiger partial charge < -0.3 is 10.2 Å². The van der Waals surface area contributed by atoms with Crippen LogP contribution in [0, 0.1) is 11.8 Å². The van der Waals surface area contributed by atoms with E-state index in [1.807, 2.05) is 13.8 Å². The molecule has 0 aliphatic carbocycles. The highest BCUT2D eigenvalue weighted by molar-refractivity contribution is 4.85. The Kier molecular flexibility index (Phi) is 4.32. The summed E-state index contributed by atoms with van der Waals surface area (Å²) in [5, 5.41) is 18.1. The first-order valence-corrected chi connectivity index (χ1v) is 3.55. The molecular weight excluding hydrogens is 128 g/mol. The summed E-state index contributed by atoms with van der Waals surface area (Å²) in [6.07, 6.45) is 1.12. The van der Waals surface area contributed by atoms with E-state index < -0.39 is 6.10 Å². The molecule has 60 valence electrons. The predicted octanol–water partition coefficient (Wildman–Crippen LogP) is 0.798. The highest BCUT2D eigenvalue weighted by Gasteiger charge is 2.17. The molecule has 0 aromatic carbocycles. The minimum atomic E-state index is -0.470. The summed E-state index contributed by atoms with van der Waals surface area (Å²) in [5.74, 6) is -0.00449. The van der Waals surface area contributed by atoms with E-state index in [-0.39, 0.29) is 18.4 Å². The molecule has 0 saturated carbocycles. The van der Waals surface area contributed by atoms with Gasteiger partial charge in [0.2, 0.25) is 0 Å². The Bertz CT molecular complexity index is 99.4. The molecule has 0 heterocycles. The molecule has 0 amide bonds. The average Bonchev–Trinajstić information content (AvgIpc) is 1.90. The molecular formula is C8H16O2. The van der Waals surface area contributed by atoms with E-state index in [2.05, 4.69) is 6.58 Å². The van der Waals surface area contributed by atoms with Crippen LogP contribution in [0.25, 0.3) is 0 Å². The minimum absolute atomic E-state index is 0.0250. The van der Waals surface area contributed by atoms with E-state index >= 15 is 0 Å². The number of aliphatic hydroxyl groups is 2. The Morgan fingerprint density at radius 2 is 2.00 bits per heavy atom. The second-order valence-electron chi connectivity index (χ2n) is 2.82. The van der Waals surface area contributed by atoms with Crippen molar-refractivity contribution in [3.63, 3.8) is 0 Å². The van der Waals surface area contributed by atoms with E-state index in [4.69, 9.17) is 5.11 Å². The lowest BCUT2D eigenvalue weighted by Gasteiger charge is -2.20. The Hall–Kier alpha value is -0.340. The van der Waals surface area contributed by atoms with Crippen molar-refractivity contribution in [2.75, 3.05) is 6.61 Å². The Labute approximate surface area is 62.2 Å². The van der Waals surface area contributed by atoms with Crippen molar-refractivity contribution < 1.29 is 10.2 Å². The van der Waals surface area contributed by atoms with E-state index in [0.717, 1.165) is 0 Å². The molecule has 0 saturated heterocycles. The quantitative estimate of drug-likeness (QED) is 0.573. The zero-order chi connectivity index (χ0) is 8.15. The second-order valence-corrected chi connectivity index (χ2v) is 2.82. The maximum atomic E-state index is 9.35. The summed E-state index contributed by atoms with van der Waals surface area (Å²) >= 11 is 0. The van der Waals surface area contributed by atoms with Gasteiger partial charge in [0.15, 0.2) is 0 Å². The van der Waals surface area contributed by atoms with Gasteiger partial charge in [-0.1, -0.05) is 19.9 Å². The van der Waals surface area contributed by atoms with Crippen LogP contribution in [0.15, 0.2) is 12.7 Å². The Balaban J connectivity index is 3.87. The van der Waals surface area contributed by atoms with Crippen molar-refractivity contribution in [3.05, 3.63) is 12.7 Å². The van der Waals surface area contributed by atoms with Crippen LogP contribution in [0.3, 0.4) is 0 Å². The lowest BCUT2D eigenvalue weighted by molar-refractivity contribution is 0.0559.